The second-order valence-corrected chi connectivity index (χ2v) is 7.49. The van der Waals surface area contributed by atoms with E-state index in [1.165, 1.54) is 20.3 Å². The summed E-state index contributed by atoms with van der Waals surface area (Å²) in [5.74, 6) is -1.02. The summed E-state index contributed by atoms with van der Waals surface area (Å²) in [5.41, 5.74) is 0.827. The Hall–Kier alpha value is -2.58. The van der Waals surface area contributed by atoms with Crippen LogP contribution in [-0.4, -0.2) is 50.0 Å². The Labute approximate surface area is 178 Å². The van der Waals surface area contributed by atoms with Gasteiger partial charge in [-0.2, -0.15) is 0 Å². The second kappa shape index (κ2) is 9.76. The summed E-state index contributed by atoms with van der Waals surface area (Å²) < 4.78 is 10.1. The Bertz CT molecular complexity index is 937. The van der Waals surface area contributed by atoms with Crippen molar-refractivity contribution in [1.29, 1.82) is 0 Å². The van der Waals surface area contributed by atoms with Crippen LogP contribution in [-0.2, 0) is 4.74 Å². The number of thiophene rings is 1. The lowest BCUT2D eigenvalue weighted by Crippen LogP contribution is -2.30. The highest BCUT2D eigenvalue weighted by Gasteiger charge is 2.28. The number of carbonyl (C=O) groups excluding carboxylic acids is 3. The molecule has 2 aromatic rings. The third-order valence-electron chi connectivity index (χ3n) is 4.41. The van der Waals surface area contributed by atoms with E-state index in [1.807, 2.05) is 13.8 Å². The van der Waals surface area contributed by atoms with Gasteiger partial charge in [0.1, 0.15) is 10.8 Å². The predicted molar refractivity (Wildman–Crippen MR) is 114 cm³/mol. The number of ether oxygens (including phenoxy) is 2. The van der Waals surface area contributed by atoms with Crippen LogP contribution >= 0.6 is 22.9 Å². The van der Waals surface area contributed by atoms with E-state index >= 15 is 0 Å². The van der Waals surface area contributed by atoms with Crippen molar-refractivity contribution >= 4 is 45.7 Å². The van der Waals surface area contributed by atoms with Gasteiger partial charge in [-0.05, 0) is 44.5 Å². The average Bonchev–Trinajstić information content (AvgIpc) is 3.03. The molecular formula is C20H23ClN2O5S. The lowest BCUT2D eigenvalue weighted by atomic mass is 10.1. The van der Waals surface area contributed by atoms with Crippen molar-refractivity contribution in [2.75, 3.05) is 32.6 Å². The number of nitrogens with one attached hydrogen (secondary N) is 1. The molecule has 0 saturated heterocycles. The van der Waals surface area contributed by atoms with E-state index in [1.54, 1.807) is 24.0 Å². The van der Waals surface area contributed by atoms with Crippen molar-refractivity contribution in [2.45, 2.75) is 20.8 Å². The van der Waals surface area contributed by atoms with E-state index in [4.69, 9.17) is 21.1 Å². The highest BCUT2D eigenvalue weighted by Crippen LogP contribution is 2.35. The van der Waals surface area contributed by atoms with Gasteiger partial charge < -0.3 is 19.7 Å². The monoisotopic (exact) mass is 438 g/mol. The standard InChI is InChI=1S/C20H23ClN2O5S/c1-6-23(7-2)19(25)16-11(3)15(20(26)28-5)18(29-16)22-17(24)13-10-12(21)8-9-14(13)27-4/h8-10H,6-7H2,1-5H3,(H,22,24). The summed E-state index contributed by atoms with van der Waals surface area (Å²) in [6.07, 6.45) is 0. The molecule has 7 nitrogen and oxygen atoms in total. The number of hydrogen-bond acceptors (Lipinski definition) is 6. The molecule has 0 spiro atoms. The first-order valence-corrected chi connectivity index (χ1v) is 10.1. The molecule has 9 heteroatoms. The maximum Gasteiger partial charge on any atom is 0.341 e. The minimum atomic E-state index is -0.634. The molecule has 0 fully saturated rings. The van der Waals surface area contributed by atoms with Gasteiger partial charge in [-0.1, -0.05) is 11.6 Å². The molecule has 0 saturated carbocycles. The molecule has 0 aliphatic heterocycles. The summed E-state index contributed by atoms with van der Waals surface area (Å²) in [6, 6.07) is 4.65. The third-order valence-corrected chi connectivity index (χ3v) is 5.84. The van der Waals surface area contributed by atoms with E-state index in [2.05, 4.69) is 5.32 Å². The third kappa shape index (κ3) is 4.71. The van der Waals surface area contributed by atoms with Gasteiger partial charge in [-0.15, -0.1) is 11.3 Å². The minimum Gasteiger partial charge on any atom is -0.496 e. The SMILES string of the molecule is CCN(CC)C(=O)c1sc(NC(=O)c2cc(Cl)ccc2OC)c(C(=O)OC)c1C. The summed E-state index contributed by atoms with van der Waals surface area (Å²) in [5, 5.41) is 3.30. The first-order valence-electron chi connectivity index (χ1n) is 8.94. The molecular weight excluding hydrogens is 416 g/mol. The number of anilines is 1. The number of esters is 1. The van der Waals surface area contributed by atoms with Crippen LogP contribution in [0.3, 0.4) is 0 Å². The molecule has 1 aromatic heterocycles. The molecule has 1 aromatic carbocycles. The molecule has 2 rings (SSSR count). The van der Waals surface area contributed by atoms with Crippen molar-refractivity contribution in [3.63, 3.8) is 0 Å². The van der Waals surface area contributed by atoms with Crippen molar-refractivity contribution in [3.05, 3.63) is 44.8 Å². The quantitative estimate of drug-likeness (QED) is 0.653. The Morgan fingerprint density at radius 3 is 2.38 bits per heavy atom. The van der Waals surface area contributed by atoms with Crippen molar-refractivity contribution in [2.24, 2.45) is 0 Å². The molecule has 0 aliphatic rings. The number of methoxy groups -OCH3 is 2. The Morgan fingerprint density at radius 2 is 1.83 bits per heavy atom. The first kappa shape index (κ1) is 22.7. The Kier molecular flexibility index (Phi) is 7.64. The lowest BCUT2D eigenvalue weighted by molar-refractivity contribution is 0.0601. The zero-order chi connectivity index (χ0) is 21.7. The van der Waals surface area contributed by atoms with E-state index in [0.29, 0.717) is 34.3 Å². The van der Waals surface area contributed by atoms with Gasteiger partial charge in [0.05, 0.1) is 30.2 Å². The van der Waals surface area contributed by atoms with Gasteiger partial charge in [-0.3, -0.25) is 9.59 Å². The molecule has 0 bridgehead atoms. The molecule has 0 radical (unpaired) electrons. The fourth-order valence-electron chi connectivity index (χ4n) is 2.84. The van der Waals surface area contributed by atoms with Gasteiger partial charge in [0, 0.05) is 18.1 Å². The number of rotatable bonds is 7. The topological polar surface area (TPSA) is 84.9 Å². The average molecular weight is 439 g/mol. The summed E-state index contributed by atoms with van der Waals surface area (Å²) in [4.78, 5) is 40.1. The molecule has 2 amide bonds. The highest BCUT2D eigenvalue weighted by molar-refractivity contribution is 7.18. The highest BCUT2D eigenvalue weighted by atomic mass is 35.5. The van der Waals surface area contributed by atoms with Gasteiger partial charge in [0.15, 0.2) is 0 Å². The fourth-order valence-corrected chi connectivity index (χ4v) is 4.17. The van der Waals surface area contributed by atoms with Crippen molar-refractivity contribution in [3.8, 4) is 5.75 Å². The second-order valence-electron chi connectivity index (χ2n) is 6.03. The zero-order valence-electron chi connectivity index (χ0n) is 16.9. The maximum absolute atomic E-state index is 12.9. The van der Waals surface area contributed by atoms with Crippen LogP contribution in [0.4, 0.5) is 5.00 Å². The minimum absolute atomic E-state index is 0.155. The molecule has 156 valence electrons. The molecule has 29 heavy (non-hydrogen) atoms. The van der Waals surface area contributed by atoms with E-state index in [0.717, 1.165) is 11.3 Å². The number of carbonyl (C=O) groups is 3. The van der Waals surface area contributed by atoms with Crippen LogP contribution in [0.25, 0.3) is 0 Å². The number of hydrogen-bond donors (Lipinski definition) is 1. The Balaban J connectivity index is 2.50. The summed E-state index contributed by atoms with van der Waals surface area (Å²) in [7, 11) is 2.69. The predicted octanol–water partition coefficient (Wildman–Crippen LogP) is 4.24. The van der Waals surface area contributed by atoms with E-state index in [-0.39, 0.29) is 22.0 Å². The molecule has 0 atom stereocenters. The van der Waals surface area contributed by atoms with Gasteiger partial charge in [0.2, 0.25) is 0 Å². The largest absolute Gasteiger partial charge is 0.496 e. The number of benzene rings is 1. The van der Waals surface area contributed by atoms with Crippen LogP contribution in [0.15, 0.2) is 18.2 Å². The fraction of sp³-hybridized carbons (Fsp3) is 0.350. The van der Waals surface area contributed by atoms with Crippen molar-refractivity contribution in [1.82, 2.24) is 4.90 Å². The number of nitrogens with zero attached hydrogens (tertiary/aromatic N) is 1. The van der Waals surface area contributed by atoms with Gasteiger partial charge >= 0.3 is 5.97 Å². The lowest BCUT2D eigenvalue weighted by Gasteiger charge is -2.17. The maximum atomic E-state index is 12.9. The normalized spacial score (nSPS) is 10.4. The zero-order valence-corrected chi connectivity index (χ0v) is 18.5. The molecule has 1 N–H and O–H groups in total. The summed E-state index contributed by atoms with van der Waals surface area (Å²) in [6.45, 7) is 6.47. The van der Waals surface area contributed by atoms with Gasteiger partial charge in [0.25, 0.3) is 11.8 Å². The van der Waals surface area contributed by atoms with E-state index < -0.39 is 11.9 Å². The number of halogens is 1. The van der Waals surface area contributed by atoms with Crippen LogP contribution in [0.1, 0.15) is 49.8 Å². The Morgan fingerprint density at radius 1 is 1.17 bits per heavy atom. The van der Waals surface area contributed by atoms with Crippen molar-refractivity contribution < 1.29 is 23.9 Å². The summed E-state index contributed by atoms with van der Waals surface area (Å²) >= 11 is 7.05. The first-order chi connectivity index (χ1) is 13.8. The van der Waals surface area contributed by atoms with Gasteiger partial charge in [-0.25, -0.2) is 4.79 Å². The smallest absolute Gasteiger partial charge is 0.341 e. The van der Waals surface area contributed by atoms with E-state index in [9.17, 15) is 14.4 Å². The molecule has 0 unspecified atom stereocenters. The van der Waals surface area contributed by atoms with Crippen LogP contribution in [0.5, 0.6) is 5.75 Å². The number of amides is 2. The van der Waals surface area contributed by atoms with Crippen LogP contribution < -0.4 is 10.1 Å². The molecule has 1 heterocycles. The van der Waals surface area contributed by atoms with Crippen LogP contribution in [0, 0.1) is 6.92 Å². The van der Waals surface area contributed by atoms with Crippen LogP contribution in [0.2, 0.25) is 5.02 Å². The molecule has 0 aliphatic carbocycles.